The van der Waals surface area contributed by atoms with Crippen LogP contribution in [0.5, 0.6) is 0 Å². The Kier molecular flexibility index (Phi) is 4.28. The lowest BCUT2D eigenvalue weighted by Crippen LogP contribution is -2.21. The minimum atomic E-state index is -0.768. The SMILES string of the molecule is CCOC(=O)c1c2c(n3ccc(C#N)cc13)C(=O)c1cc(C(=O)OC)sc1C2=O. The zero-order valence-electron chi connectivity index (χ0n) is 15.3. The molecule has 0 bridgehead atoms. The number of nitriles is 1. The molecule has 4 rings (SSSR count). The van der Waals surface area contributed by atoms with Crippen LogP contribution in [0.4, 0.5) is 0 Å². The zero-order chi connectivity index (χ0) is 20.9. The van der Waals surface area contributed by atoms with Gasteiger partial charge in [-0.05, 0) is 25.1 Å². The number of carbonyl (C=O) groups is 4. The topological polar surface area (TPSA) is 115 Å². The van der Waals surface area contributed by atoms with E-state index in [0.29, 0.717) is 0 Å². The van der Waals surface area contributed by atoms with Crippen molar-refractivity contribution in [2.45, 2.75) is 6.92 Å². The van der Waals surface area contributed by atoms with E-state index < -0.39 is 23.5 Å². The molecule has 1 aliphatic carbocycles. The molecule has 3 heterocycles. The van der Waals surface area contributed by atoms with E-state index in [1.165, 1.54) is 35.9 Å². The van der Waals surface area contributed by atoms with Crippen LogP contribution in [0.25, 0.3) is 5.52 Å². The van der Waals surface area contributed by atoms with Crippen molar-refractivity contribution in [3.05, 3.63) is 62.1 Å². The number of aromatic nitrogens is 1. The number of nitrogens with zero attached hydrogens (tertiary/aromatic N) is 2. The predicted molar refractivity (Wildman–Crippen MR) is 101 cm³/mol. The minimum absolute atomic E-state index is 0.000686. The summed E-state index contributed by atoms with van der Waals surface area (Å²) in [7, 11) is 1.20. The average molecular weight is 408 g/mol. The summed E-state index contributed by atoms with van der Waals surface area (Å²) >= 11 is 0.836. The molecule has 0 spiro atoms. The normalized spacial score (nSPS) is 12.3. The first-order valence-electron chi connectivity index (χ1n) is 8.49. The van der Waals surface area contributed by atoms with Gasteiger partial charge >= 0.3 is 11.9 Å². The highest BCUT2D eigenvalue weighted by atomic mass is 32.1. The van der Waals surface area contributed by atoms with Crippen LogP contribution in [0, 0.1) is 11.3 Å². The smallest absolute Gasteiger partial charge is 0.348 e. The first kappa shape index (κ1) is 18.6. The molecule has 1 aliphatic rings. The van der Waals surface area contributed by atoms with Crippen LogP contribution in [0.2, 0.25) is 0 Å². The summed E-state index contributed by atoms with van der Waals surface area (Å²) in [6.07, 6.45) is 1.46. The molecule has 0 aliphatic heterocycles. The van der Waals surface area contributed by atoms with Crippen LogP contribution < -0.4 is 0 Å². The molecular formula is C20H12N2O6S. The van der Waals surface area contributed by atoms with Crippen molar-refractivity contribution in [3.63, 3.8) is 0 Å². The van der Waals surface area contributed by atoms with E-state index in [4.69, 9.17) is 4.74 Å². The Morgan fingerprint density at radius 2 is 1.97 bits per heavy atom. The Bertz CT molecular complexity index is 1290. The Morgan fingerprint density at radius 1 is 1.21 bits per heavy atom. The third-order valence-corrected chi connectivity index (χ3v) is 5.67. The van der Waals surface area contributed by atoms with Gasteiger partial charge in [0.25, 0.3) is 0 Å². The molecule has 0 fully saturated rings. The molecule has 0 amide bonds. The quantitative estimate of drug-likeness (QED) is 0.479. The fraction of sp³-hybridized carbons (Fsp3) is 0.150. The van der Waals surface area contributed by atoms with Gasteiger partial charge in [0.1, 0.15) is 10.6 Å². The van der Waals surface area contributed by atoms with Crippen LogP contribution in [0.1, 0.15) is 63.8 Å². The van der Waals surface area contributed by atoms with Gasteiger partial charge in [-0.1, -0.05) is 0 Å². The van der Waals surface area contributed by atoms with Gasteiger partial charge < -0.3 is 13.9 Å². The standard InChI is InChI=1S/C20H12N2O6S/c1-3-28-20(26)13-11-6-9(8-21)4-5-22(11)15-14(13)17(24)18-10(16(15)23)7-12(29-18)19(25)27-2/h4-7H,3H2,1-2H3. The molecule has 0 saturated heterocycles. The molecule has 0 unspecified atom stereocenters. The van der Waals surface area contributed by atoms with Crippen LogP contribution in [-0.4, -0.2) is 41.6 Å². The maximum Gasteiger partial charge on any atom is 0.348 e. The lowest BCUT2D eigenvalue weighted by Gasteiger charge is -2.12. The van der Waals surface area contributed by atoms with E-state index in [0.717, 1.165) is 11.3 Å². The zero-order valence-corrected chi connectivity index (χ0v) is 16.1. The first-order valence-corrected chi connectivity index (χ1v) is 9.31. The lowest BCUT2D eigenvalue weighted by molar-refractivity contribution is 0.0525. The van der Waals surface area contributed by atoms with Crippen molar-refractivity contribution < 1.29 is 28.7 Å². The van der Waals surface area contributed by atoms with E-state index in [9.17, 15) is 24.4 Å². The first-order chi connectivity index (χ1) is 13.9. The molecule has 29 heavy (non-hydrogen) atoms. The maximum absolute atomic E-state index is 13.3. The summed E-state index contributed by atoms with van der Waals surface area (Å²) in [5, 5.41) is 9.20. The highest BCUT2D eigenvalue weighted by Crippen LogP contribution is 2.38. The van der Waals surface area contributed by atoms with Crippen molar-refractivity contribution in [1.82, 2.24) is 4.40 Å². The van der Waals surface area contributed by atoms with Gasteiger partial charge in [0.15, 0.2) is 0 Å². The second kappa shape index (κ2) is 6.68. The number of hydrogen-bond acceptors (Lipinski definition) is 8. The Balaban J connectivity index is 2.05. The van der Waals surface area contributed by atoms with Gasteiger partial charge in [-0.25, -0.2) is 9.59 Å². The van der Waals surface area contributed by atoms with Crippen molar-refractivity contribution >= 4 is 40.4 Å². The third-order valence-electron chi connectivity index (χ3n) is 4.56. The van der Waals surface area contributed by atoms with E-state index in [1.807, 2.05) is 6.07 Å². The van der Waals surface area contributed by atoms with E-state index in [2.05, 4.69) is 4.74 Å². The summed E-state index contributed by atoms with van der Waals surface area (Å²) in [6.45, 7) is 1.69. The van der Waals surface area contributed by atoms with Crippen molar-refractivity contribution in [3.8, 4) is 6.07 Å². The average Bonchev–Trinajstić information content (AvgIpc) is 3.31. The molecule has 0 aromatic carbocycles. The second-order valence-corrected chi connectivity index (χ2v) is 7.16. The highest BCUT2D eigenvalue weighted by molar-refractivity contribution is 7.16. The summed E-state index contributed by atoms with van der Waals surface area (Å²) in [4.78, 5) is 51.1. The predicted octanol–water partition coefficient (Wildman–Crippen LogP) is 2.61. The fourth-order valence-electron chi connectivity index (χ4n) is 3.35. The summed E-state index contributed by atoms with van der Waals surface area (Å²) in [6, 6.07) is 6.20. The molecule has 144 valence electrons. The van der Waals surface area contributed by atoms with E-state index >= 15 is 0 Å². The number of methoxy groups -OCH3 is 1. The number of hydrogen-bond donors (Lipinski definition) is 0. The number of fused-ring (bicyclic) bond motifs is 4. The molecule has 8 nitrogen and oxygen atoms in total. The molecule has 0 N–H and O–H groups in total. The number of rotatable bonds is 3. The van der Waals surface area contributed by atoms with Gasteiger partial charge in [-0.15, -0.1) is 11.3 Å². The van der Waals surface area contributed by atoms with Crippen molar-refractivity contribution in [2.24, 2.45) is 0 Å². The van der Waals surface area contributed by atoms with Gasteiger partial charge in [0.2, 0.25) is 11.6 Å². The minimum Gasteiger partial charge on any atom is -0.465 e. The van der Waals surface area contributed by atoms with Crippen molar-refractivity contribution in [1.29, 1.82) is 5.26 Å². The largest absolute Gasteiger partial charge is 0.465 e. The maximum atomic E-state index is 13.3. The van der Waals surface area contributed by atoms with Crippen molar-refractivity contribution in [2.75, 3.05) is 13.7 Å². The Morgan fingerprint density at radius 3 is 2.62 bits per heavy atom. The van der Waals surface area contributed by atoms with Crippen LogP contribution >= 0.6 is 11.3 Å². The van der Waals surface area contributed by atoms with Crippen LogP contribution in [-0.2, 0) is 9.47 Å². The van der Waals surface area contributed by atoms with Crippen LogP contribution in [0.15, 0.2) is 24.4 Å². The number of pyridine rings is 1. The van der Waals surface area contributed by atoms with E-state index in [1.54, 1.807) is 6.92 Å². The molecule has 3 aromatic rings. The number of ether oxygens (including phenoxy) is 2. The summed E-state index contributed by atoms with van der Waals surface area (Å²) < 4.78 is 11.2. The van der Waals surface area contributed by atoms with Crippen LogP contribution in [0.3, 0.4) is 0 Å². The molecule has 0 saturated carbocycles. The Labute approximate surface area is 167 Å². The molecule has 3 aromatic heterocycles. The lowest BCUT2D eigenvalue weighted by atomic mass is 9.91. The number of ketones is 2. The van der Waals surface area contributed by atoms with Gasteiger partial charge in [-0.3, -0.25) is 9.59 Å². The number of esters is 2. The molecule has 0 radical (unpaired) electrons. The summed E-state index contributed by atoms with van der Waals surface area (Å²) in [5.41, 5.74) is 0.412. The highest BCUT2D eigenvalue weighted by Gasteiger charge is 2.40. The number of thiophene rings is 1. The Hall–Kier alpha value is -3.77. The van der Waals surface area contributed by atoms with Gasteiger partial charge in [0.05, 0.1) is 46.9 Å². The van der Waals surface area contributed by atoms with Gasteiger partial charge in [0, 0.05) is 11.8 Å². The molecule has 0 atom stereocenters. The fourth-order valence-corrected chi connectivity index (χ4v) is 4.37. The third kappa shape index (κ3) is 2.57. The van der Waals surface area contributed by atoms with E-state index in [-0.39, 0.29) is 49.8 Å². The van der Waals surface area contributed by atoms with Gasteiger partial charge in [-0.2, -0.15) is 5.26 Å². The molecular weight excluding hydrogens is 396 g/mol. The molecule has 9 heteroatoms. The number of carbonyl (C=O) groups excluding carboxylic acids is 4. The monoisotopic (exact) mass is 408 g/mol. The summed E-state index contributed by atoms with van der Waals surface area (Å²) in [5.74, 6) is -2.49. The second-order valence-electron chi connectivity index (χ2n) is 6.10.